The number of rotatable bonds is 15. The lowest BCUT2D eigenvalue weighted by Gasteiger charge is -2.37. The van der Waals surface area contributed by atoms with Crippen LogP contribution >= 0.6 is 0 Å². The molecular weight excluding hydrogens is 614 g/mol. The highest BCUT2D eigenvalue weighted by Crippen LogP contribution is 2.36. The molecule has 3 aliphatic rings. The molecule has 7 atom stereocenters. The lowest BCUT2D eigenvalue weighted by Crippen LogP contribution is -2.54. The van der Waals surface area contributed by atoms with Crippen LogP contribution in [-0.4, -0.2) is 91.7 Å². The highest BCUT2D eigenvalue weighted by atomic mass is 32.2. The first kappa shape index (κ1) is 38.6. The highest BCUT2D eigenvalue weighted by molar-refractivity contribution is 7.90. The van der Waals surface area contributed by atoms with Gasteiger partial charge in [-0.15, -0.1) is 16.7 Å². The number of carbonyl (C=O) groups excluding carboxylic acids is 2. The van der Waals surface area contributed by atoms with E-state index in [1.54, 1.807) is 6.92 Å². The Hall–Kier alpha value is -1.81. The van der Waals surface area contributed by atoms with E-state index in [9.17, 15) is 31.9 Å². The predicted octanol–water partition coefficient (Wildman–Crippen LogP) is 4.50. The summed E-state index contributed by atoms with van der Waals surface area (Å²) in [6.07, 6.45) is 3.50. The second-order valence-corrected chi connectivity index (χ2v) is 15.9. The van der Waals surface area contributed by atoms with Crippen LogP contribution < -0.4 is 10.1 Å². The van der Waals surface area contributed by atoms with E-state index in [1.165, 1.54) is 12.1 Å². The fourth-order valence-corrected chi connectivity index (χ4v) is 9.37. The molecule has 3 N–H and O–H groups in total. The zero-order valence-corrected chi connectivity index (χ0v) is 29.2. The Labute approximate surface area is 276 Å². The highest BCUT2D eigenvalue weighted by Gasteiger charge is 2.39. The minimum Gasteiger partial charge on any atom is -0.390 e. The fraction of sp³-hybridized carbons (Fsp3) is 0.882. The monoisotopic (exact) mass is 672 g/mol. The molecule has 3 fully saturated rings. The molecule has 3 rings (SSSR count). The first-order valence-electron chi connectivity index (χ1n) is 17.6. The number of hydrazine groups is 1. The molecule has 0 aromatic rings. The van der Waals surface area contributed by atoms with E-state index in [0.29, 0.717) is 45.2 Å². The molecule has 3 saturated carbocycles. The number of aliphatic hydroxyl groups excluding tert-OH is 1. The van der Waals surface area contributed by atoms with Crippen molar-refractivity contribution in [1.82, 2.24) is 20.1 Å². The average Bonchev–Trinajstić information content (AvgIpc) is 3.00. The van der Waals surface area contributed by atoms with Crippen LogP contribution in [0.25, 0.3) is 0 Å². The Morgan fingerprint density at radius 3 is 2.13 bits per heavy atom. The SMILES string of the molecule is CC#CC1CC(C(=O)NC(CC2CC(F)CC(F)C2)C(O)CN(C)NS(=O)(=O)C2CCCCC2)CC(C(=O)N(CCC)CCC)C1. The maximum Gasteiger partial charge on any atom is 0.227 e. The smallest absolute Gasteiger partial charge is 0.227 e. The van der Waals surface area contributed by atoms with Gasteiger partial charge < -0.3 is 15.3 Å². The third kappa shape index (κ3) is 11.7. The first-order chi connectivity index (χ1) is 21.9. The molecule has 0 aliphatic heterocycles. The molecule has 0 saturated heterocycles. The Morgan fingerprint density at radius 2 is 1.54 bits per heavy atom. The summed E-state index contributed by atoms with van der Waals surface area (Å²) in [5, 5.41) is 15.2. The Kier molecular flexibility index (Phi) is 15.7. The maximum atomic E-state index is 14.3. The van der Waals surface area contributed by atoms with E-state index < -0.39 is 45.7 Å². The number of amides is 2. The molecule has 0 heterocycles. The van der Waals surface area contributed by atoms with E-state index in [1.807, 2.05) is 18.7 Å². The van der Waals surface area contributed by atoms with Crippen LogP contribution in [0.15, 0.2) is 0 Å². The number of aliphatic hydroxyl groups is 1. The molecule has 0 aromatic heterocycles. The number of nitrogens with zero attached hydrogens (tertiary/aromatic N) is 2. The maximum absolute atomic E-state index is 14.3. The molecule has 7 unspecified atom stereocenters. The summed E-state index contributed by atoms with van der Waals surface area (Å²) in [7, 11) is -2.12. The van der Waals surface area contributed by atoms with Crippen LogP contribution in [0.5, 0.6) is 0 Å². The second-order valence-electron chi connectivity index (χ2n) is 14.0. The second kappa shape index (κ2) is 18.7. The number of carbonyl (C=O) groups is 2. The molecule has 0 spiro atoms. The molecule has 0 radical (unpaired) electrons. The normalized spacial score (nSPS) is 29.0. The van der Waals surface area contributed by atoms with E-state index in [-0.39, 0.29) is 61.8 Å². The minimum absolute atomic E-state index is 0.0396. The van der Waals surface area contributed by atoms with E-state index >= 15 is 0 Å². The van der Waals surface area contributed by atoms with Crippen LogP contribution in [0.1, 0.15) is 111 Å². The van der Waals surface area contributed by atoms with Crippen LogP contribution in [0, 0.1) is 35.5 Å². The number of halogens is 2. The summed E-state index contributed by atoms with van der Waals surface area (Å²) in [5.41, 5.74) is 0. The van der Waals surface area contributed by atoms with Crippen LogP contribution in [0.4, 0.5) is 8.78 Å². The van der Waals surface area contributed by atoms with Gasteiger partial charge in [0.2, 0.25) is 21.8 Å². The summed E-state index contributed by atoms with van der Waals surface area (Å²) >= 11 is 0. The van der Waals surface area contributed by atoms with Crippen molar-refractivity contribution in [1.29, 1.82) is 0 Å². The Bertz CT molecular complexity index is 1130. The quantitative estimate of drug-likeness (QED) is 0.174. The predicted molar refractivity (Wildman–Crippen MR) is 176 cm³/mol. The van der Waals surface area contributed by atoms with Crippen molar-refractivity contribution in [3.63, 3.8) is 0 Å². The van der Waals surface area contributed by atoms with E-state index in [2.05, 4.69) is 22.0 Å². The lowest BCUT2D eigenvalue weighted by atomic mass is 9.74. The largest absolute Gasteiger partial charge is 0.390 e. The fourth-order valence-electron chi connectivity index (χ4n) is 7.75. The number of nitrogens with one attached hydrogen (secondary N) is 2. The minimum atomic E-state index is -3.65. The summed E-state index contributed by atoms with van der Waals surface area (Å²) in [6.45, 7) is 6.99. The molecular formula is C34H58F2N4O5S. The van der Waals surface area contributed by atoms with Gasteiger partial charge in [-0.05, 0) is 77.0 Å². The van der Waals surface area contributed by atoms with E-state index in [0.717, 1.165) is 32.1 Å². The van der Waals surface area contributed by atoms with Gasteiger partial charge in [-0.3, -0.25) is 9.59 Å². The summed E-state index contributed by atoms with van der Waals surface area (Å²) in [4.78, 5) is 31.9. The third-order valence-corrected chi connectivity index (χ3v) is 11.8. The summed E-state index contributed by atoms with van der Waals surface area (Å²) < 4.78 is 54.7. The Balaban J connectivity index is 1.76. The van der Waals surface area contributed by atoms with Gasteiger partial charge >= 0.3 is 0 Å². The van der Waals surface area contributed by atoms with Gasteiger partial charge in [-0.2, -0.15) is 0 Å². The number of sulfonamides is 1. The number of alkyl halides is 2. The van der Waals surface area contributed by atoms with Gasteiger partial charge in [0.05, 0.1) is 17.4 Å². The third-order valence-electron chi connectivity index (χ3n) is 9.88. The number of hydrogen-bond donors (Lipinski definition) is 3. The zero-order valence-electron chi connectivity index (χ0n) is 28.4. The van der Waals surface area contributed by atoms with E-state index in [4.69, 9.17) is 0 Å². The van der Waals surface area contributed by atoms with Crippen LogP contribution in [0.3, 0.4) is 0 Å². The molecule has 0 bridgehead atoms. The molecule has 0 aromatic carbocycles. The molecule has 9 nitrogen and oxygen atoms in total. The van der Waals surface area contributed by atoms with Gasteiger partial charge in [0.1, 0.15) is 12.3 Å². The van der Waals surface area contributed by atoms with Crippen LogP contribution in [-0.2, 0) is 19.6 Å². The molecule has 46 heavy (non-hydrogen) atoms. The first-order valence-corrected chi connectivity index (χ1v) is 19.1. The van der Waals surface area contributed by atoms with Gasteiger partial charge in [0, 0.05) is 50.9 Å². The van der Waals surface area contributed by atoms with Gasteiger partial charge in [0.15, 0.2) is 0 Å². The van der Waals surface area contributed by atoms with Gasteiger partial charge in [-0.1, -0.05) is 33.1 Å². The lowest BCUT2D eigenvalue weighted by molar-refractivity contribution is -0.139. The topological polar surface area (TPSA) is 119 Å². The Morgan fingerprint density at radius 1 is 0.935 bits per heavy atom. The summed E-state index contributed by atoms with van der Waals surface area (Å²) in [5.74, 6) is 4.44. The number of hydrogen-bond acceptors (Lipinski definition) is 6. The van der Waals surface area contributed by atoms with Crippen molar-refractivity contribution in [3.8, 4) is 11.8 Å². The van der Waals surface area contributed by atoms with Gasteiger partial charge in [-0.25, -0.2) is 22.2 Å². The zero-order chi connectivity index (χ0) is 33.9. The molecule has 3 aliphatic carbocycles. The van der Waals surface area contributed by atoms with Crippen molar-refractivity contribution in [2.75, 3.05) is 26.7 Å². The molecule has 2 amide bonds. The van der Waals surface area contributed by atoms with Crippen molar-refractivity contribution in [2.45, 2.75) is 140 Å². The van der Waals surface area contributed by atoms with Crippen molar-refractivity contribution in [3.05, 3.63) is 0 Å². The molecule has 12 heteroatoms. The van der Waals surface area contributed by atoms with Crippen molar-refractivity contribution >= 4 is 21.8 Å². The summed E-state index contributed by atoms with van der Waals surface area (Å²) in [6, 6.07) is -0.861. The van der Waals surface area contributed by atoms with Crippen LogP contribution in [0.2, 0.25) is 0 Å². The van der Waals surface area contributed by atoms with Gasteiger partial charge in [0.25, 0.3) is 0 Å². The number of likely N-dealkylation sites (N-methyl/N-ethyl adjacent to an activating group) is 1. The molecule has 264 valence electrons. The average molecular weight is 673 g/mol. The van der Waals surface area contributed by atoms with Crippen molar-refractivity contribution in [2.24, 2.45) is 23.7 Å². The standard InChI is InChI=1S/C34H58F2N4O5S/c1-5-11-24-16-26(21-27(17-24)34(43)40(14-6-2)15-7-3)33(42)37-31(20-25-18-28(35)22-29(36)19-25)32(41)23-39(4)38-46(44,45)30-12-9-8-10-13-30/h24-32,38,41H,6-10,12-23H2,1-4H3,(H,37,42). The van der Waals surface area contributed by atoms with Crippen molar-refractivity contribution < 1.29 is 31.9 Å².